The number of likely N-dealkylation sites (N-methyl/N-ethyl adjacent to an activating group) is 1. The molecule has 5 heteroatoms. The zero-order chi connectivity index (χ0) is 13.4. The van der Waals surface area contributed by atoms with Crippen LogP contribution in [-0.2, 0) is 9.47 Å². The van der Waals surface area contributed by atoms with Crippen molar-refractivity contribution in [1.29, 1.82) is 0 Å². The highest BCUT2D eigenvalue weighted by molar-refractivity contribution is 5.21. The molecular weight excluding hydrogens is 240 g/mol. The molecule has 1 unspecified atom stereocenters. The highest BCUT2D eigenvalue weighted by Gasteiger charge is 2.12. The van der Waals surface area contributed by atoms with Gasteiger partial charge in [-0.2, -0.15) is 0 Å². The molecule has 3 nitrogen and oxygen atoms in total. The highest BCUT2D eigenvalue weighted by Crippen LogP contribution is 2.16. The van der Waals surface area contributed by atoms with E-state index in [-0.39, 0.29) is 6.04 Å². The number of ether oxygens (including phenoxy) is 2. The van der Waals surface area contributed by atoms with Crippen LogP contribution in [-0.4, -0.2) is 33.5 Å². The number of hydrogen-bond donors (Lipinski definition) is 1. The van der Waals surface area contributed by atoms with Crippen LogP contribution in [0.15, 0.2) is 18.2 Å². The maximum Gasteiger partial charge on any atom is 0.126 e. The minimum Gasteiger partial charge on any atom is -0.382 e. The lowest BCUT2D eigenvalue weighted by atomic mass is 10.1. The first-order valence-corrected chi connectivity index (χ1v) is 5.93. The van der Waals surface area contributed by atoms with Gasteiger partial charge in [0.15, 0.2) is 0 Å². The average Bonchev–Trinajstić information content (AvgIpc) is 2.32. The fourth-order valence-electron chi connectivity index (χ4n) is 1.64. The Morgan fingerprint density at radius 1 is 1.17 bits per heavy atom. The molecule has 0 aliphatic heterocycles. The standard InChI is InChI=1S/C13H19F2NO2/c1-3-16-13(9-18-5-4-17-2)10-6-11(14)8-12(15)7-10/h6-8,13,16H,3-5,9H2,1-2H3. The Bertz CT molecular complexity index is 341. The van der Waals surface area contributed by atoms with E-state index in [1.54, 1.807) is 7.11 Å². The molecule has 0 aliphatic rings. The van der Waals surface area contributed by atoms with E-state index in [0.29, 0.717) is 31.9 Å². The van der Waals surface area contributed by atoms with Gasteiger partial charge in [-0.1, -0.05) is 6.92 Å². The summed E-state index contributed by atoms with van der Waals surface area (Å²) >= 11 is 0. The summed E-state index contributed by atoms with van der Waals surface area (Å²) in [4.78, 5) is 0. The van der Waals surface area contributed by atoms with E-state index in [4.69, 9.17) is 9.47 Å². The van der Waals surface area contributed by atoms with Gasteiger partial charge in [0, 0.05) is 13.2 Å². The van der Waals surface area contributed by atoms with Gasteiger partial charge < -0.3 is 14.8 Å². The lowest BCUT2D eigenvalue weighted by molar-refractivity contribution is 0.0587. The van der Waals surface area contributed by atoms with Crippen LogP contribution in [0.1, 0.15) is 18.5 Å². The summed E-state index contributed by atoms with van der Waals surface area (Å²) in [5.74, 6) is -1.16. The molecule has 1 aromatic carbocycles. The maximum absolute atomic E-state index is 13.1. The van der Waals surface area contributed by atoms with Gasteiger partial charge in [-0.3, -0.25) is 0 Å². The van der Waals surface area contributed by atoms with Crippen LogP contribution in [0.2, 0.25) is 0 Å². The maximum atomic E-state index is 13.1. The van der Waals surface area contributed by atoms with Gasteiger partial charge in [0.05, 0.1) is 25.9 Å². The number of methoxy groups -OCH3 is 1. The smallest absolute Gasteiger partial charge is 0.126 e. The Hall–Kier alpha value is -1.04. The number of hydrogen-bond acceptors (Lipinski definition) is 3. The van der Waals surface area contributed by atoms with Gasteiger partial charge in [-0.15, -0.1) is 0 Å². The Labute approximate surface area is 106 Å². The molecule has 0 saturated heterocycles. The molecule has 0 fully saturated rings. The molecular formula is C13H19F2NO2. The fraction of sp³-hybridized carbons (Fsp3) is 0.538. The molecule has 0 aliphatic carbocycles. The van der Waals surface area contributed by atoms with Crippen LogP contribution in [0.5, 0.6) is 0 Å². The van der Waals surface area contributed by atoms with E-state index in [0.717, 1.165) is 6.07 Å². The molecule has 0 aromatic heterocycles. The molecule has 0 amide bonds. The van der Waals surface area contributed by atoms with Crippen LogP contribution in [0.3, 0.4) is 0 Å². The first kappa shape index (κ1) is 15.0. The van der Waals surface area contributed by atoms with E-state index in [1.165, 1.54) is 12.1 Å². The van der Waals surface area contributed by atoms with Gasteiger partial charge in [0.25, 0.3) is 0 Å². The van der Waals surface area contributed by atoms with E-state index in [1.807, 2.05) is 6.92 Å². The van der Waals surface area contributed by atoms with Gasteiger partial charge in [-0.05, 0) is 24.2 Å². The van der Waals surface area contributed by atoms with Gasteiger partial charge >= 0.3 is 0 Å². The minimum absolute atomic E-state index is 0.225. The van der Waals surface area contributed by atoms with Crippen molar-refractivity contribution in [2.24, 2.45) is 0 Å². The summed E-state index contributed by atoms with van der Waals surface area (Å²) in [6.07, 6.45) is 0. The van der Waals surface area contributed by atoms with E-state index in [2.05, 4.69) is 5.32 Å². The summed E-state index contributed by atoms with van der Waals surface area (Å²) in [7, 11) is 1.59. The monoisotopic (exact) mass is 259 g/mol. The van der Waals surface area contributed by atoms with E-state index in [9.17, 15) is 8.78 Å². The summed E-state index contributed by atoms with van der Waals surface area (Å²) in [6, 6.07) is 3.27. The van der Waals surface area contributed by atoms with Crippen molar-refractivity contribution in [2.45, 2.75) is 13.0 Å². The van der Waals surface area contributed by atoms with Crippen LogP contribution in [0, 0.1) is 11.6 Å². The molecule has 1 aromatic rings. The van der Waals surface area contributed by atoms with Crippen molar-refractivity contribution < 1.29 is 18.3 Å². The third kappa shape index (κ3) is 5.08. The van der Waals surface area contributed by atoms with E-state index < -0.39 is 11.6 Å². The molecule has 1 N–H and O–H groups in total. The average molecular weight is 259 g/mol. The molecule has 1 atom stereocenters. The fourth-order valence-corrected chi connectivity index (χ4v) is 1.64. The molecule has 0 radical (unpaired) electrons. The Morgan fingerprint density at radius 2 is 1.83 bits per heavy atom. The Balaban J connectivity index is 2.64. The van der Waals surface area contributed by atoms with Crippen molar-refractivity contribution in [3.63, 3.8) is 0 Å². The van der Waals surface area contributed by atoms with Gasteiger partial charge in [0.1, 0.15) is 11.6 Å². The zero-order valence-electron chi connectivity index (χ0n) is 10.7. The Morgan fingerprint density at radius 3 is 2.39 bits per heavy atom. The minimum atomic E-state index is -0.579. The molecule has 18 heavy (non-hydrogen) atoms. The SMILES string of the molecule is CCNC(COCCOC)c1cc(F)cc(F)c1. The van der Waals surface area contributed by atoms with Gasteiger partial charge in [-0.25, -0.2) is 8.78 Å². The van der Waals surface area contributed by atoms with Crippen molar-refractivity contribution in [1.82, 2.24) is 5.32 Å². The van der Waals surface area contributed by atoms with Crippen molar-refractivity contribution in [2.75, 3.05) is 33.5 Å². The lowest BCUT2D eigenvalue weighted by Crippen LogP contribution is -2.26. The quantitative estimate of drug-likeness (QED) is 0.726. The molecule has 102 valence electrons. The second-order valence-corrected chi connectivity index (χ2v) is 3.88. The summed E-state index contributed by atoms with van der Waals surface area (Å²) in [5.41, 5.74) is 0.548. The Kier molecular flexibility index (Phi) is 6.78. The van der Waals surface area contributed by atoms with Crippen LogP contribution in [0.25, 0.3) is 0 Å². The second-order valence-electron chi connectivity index (χ2n) is 3.88. The second kappa shape index (κ2) is 8.13. The molecule has 0 spiro atoms. The predicted molar refractivity (Wildman–Crippen MR) is 65.5 cm³/mol. The number of halogens is 2. The third-order valence-electron chi connectivity index (χ3n) is 2.45. The number of rotatable bonds is 8. The lowest BCUT2D eigenvalue weighted by Gasteiger charge is -2.18. The van der Waals surface area contributed by atoms with Crippen molar-refractivity contribution >= 4 is 0 Å². The third-order valence-corrected chi connectivity index (χ3v) is 2.45. The topological polar surface area (TPSA) is 30.5 Å². The first-order valence-electron chi connectivity index (χ1n) is 5.93. The molecule has 0 heterocycles. The van der Waals surface area contributed by atoms with Crippen LogP contribution >= 0.6 is 0 Å². The number of nitrogens with one attached hydrogen (secondary N) is 1. The molecule has 0 bridgehead atoms. The summed E-state index contributed by atoms with van der Waals surface area (Å²) < 4.78 is 36.5. The molecule has 0 saturated carbocycles. The van der Waals surface area contributed by atoms with Crippen molar-refractivity contribution in [3.8, 4) is 0 Å². The largest absolute Gasteiger partial charge is 0.382 e. The van der Waals surface area contributed by atoms with Crippen LogP contribution in [0.4, 0.5) is 8.78 Å². The predicted octanol–water partition coefficient (Wildman–Crippen LogP) is 2.28. The van der Waals surface area contributed by atoms with Gasteiger partial charge in [0.2, 0.25) is 0 Å². The highest BCUT2D eigenvalue weighted by atomic mass is 19.1. The van der Waals surface area contributed by atoms with Crippen molar-refractivity contribution in [3.05, 3.63) is 35.4 Å². The summed E-state index contributed by atoms with van der Waals surface area (Å²) in [5, 5.41) is 3.13. The van der Waals surface area contributed by atoms with E-state index >= 15 is 0 Å². The zero-order valence-corrected chi connectivity index (χ0v) is 10.7. The number of benzene rings is 1. The molecule has 1 rings (SSSR count). The first-order chi connectivity index (χ1) is 8.67. The summed E-state index contributed by atoms with van der Waals surface area (Å²) in [6.45, 7) is 3.92. The normalized spacial score (nSPS) is 12.7. The van der Waals surface area contributed by atoms with Crippen LogP contribution < -0.4 is 5.32 Å².